The predicted molar refractivity (Wildman–Crippen MR) is 83.4 cm³/mol. The van der Waals surface area contributed by atoms with Crippen LogP contribution in [0.3, 0.4) is 0 Å². The lowest BCUT2D eigenvalue weighted by atomic mass is 10.1. The monoisotopic (exact) mass is 290 g/mol. The third-order valence-electron chi connectivity index (χ3n) is 3.14. The summed E-state index contributed by atoms with van der Waals surface area (Å²) in [7, 11) is 0. The molecule has 0 radical (unpaired) electrons. The highest BCUT2D eigenvalue weighted by atomic mass is 32.1. The van der Waals surface area contributed by atoms with Crippen LogP contribution in [0.5, 0.6) is 0 Å². The van der Waals surface area contributed by atoms with Gasteiger partial charge in [0.15, 0.2) is 0 Å². The van der Waals surface area contributed by atoms with Crippen molar-refractivity contribution in [1.29, 1.82) is 0 Å². The van der Waals surface area contributed by atoms with Gasteiger partial charge in [0.1, 0.15) is 5.69 Å². The first-order chi connectivity index (χ1) is 9.61. The first kappa shape index (κ1) is 14.5. The van der Waals surface area contributed by atoms with Crippen molar-refractivity contribution in [3.63, 3.8) is 0 Å². The quantitative estimate of drug-likeness (QED) is 0.607. The molecule has 2 rings (SSSR count). The fourth-order valence-electron chi connectivity index (χ4n) is 2.17. The van der Waals surface area contributed by atoms with Gasteiger partial charge in [0.05, 0.1) is 11.0 Å². The van der Waals surface area contributed by atoms with Crippen LogP contribution < -0.4 is 5.32 Å². The summed E-state index contributed by atoms with van der Waals surface area (Å²) in [5.74, 6) is 0. The van der Waals surface area contributed by atoms with E-state index in [1.807, 2.05) is 24.4 Å². The van der Waals surface area contributed by atoms with Crippen LogP contribution in [-0.2, 0) is 0 Å². The second kappa shape index (κ2) is 6.52. The number of nitrogens with zero attached hydrogens (tertiary/aromatic N) is 1. The number of thiophene rings is 1. The van der Waals surface area contributed by atoms with Crippen molar-refractivity contribution in [2.45, 2.75) is 32.7 Å². The van der Waals surface area contributed by atoms with Crippen LogP contribution in [0.25, 0.3) is 0 Å². The van der Waals surface area contributed by atoms with Crippen LogP contribution >= 0.6 is 11.3 Å². The molecule has 1 atom stereocenters. The molecule has 5 heteroatoms. The lowest BCUT2D eigenvalue weighted by Gasteiger charge is -2.18. The molecule has 1 unspecified atom stereocenters. The van der Waals surface area contributed by atoms with Crippen molar-refractivity contribution in [1.82, 2.24) is 0 Å². The highest BCUT2D eigenvalue weighted by Gasteiger charge is 2.18. The summed E-state index contributed by atoms with van der Waals surface area (Å²) in [5, 5.41) is 16.5. The molecule has 1 N–H and O–H groups in total. The minimum Gasteiger partial charge on any atom is -0.372 e. The number of rotatable bonds is 6. The third-order valence-corrected chi connectivity index (χ3v) is 4.13. The first-order valence-corrected chi connectivity index (χ1v) is 7.54. The number of aryl methyl sites for hydroxylation is 1. The fourth-order valence-corrected chi connectivity index (χ4v) is 2.98. The number of hydrogen-bond acceptors (Lipinski definition) is 4. The molecule has 106 valence electrons. The van der Waals surface area contributed by atoms with Crippen LogP contribution in [0.1, 0.15) is 36.2 Å². The van der Waals surface area contributed by atoms with E-state index in [0.29, 0.717) is 5.69 Å². The van der Waals surface area contributed by atoms with E-state index >= 15 is 0 Å². The van der Waals surface area contributed by atoms with Crippen molar-refractivity contribution in [3.05, 3.63) is 56.3 Å². The van der Waals surface area contributed by atoms with E-state index in [9.17, 15) is 10.1 Å². The van der Waals surface area contributed by atoms with Gasteiger partial charge in [0.25, 0.3) is 5.69 Å². The first-order valence-electron chi connectivity index (χ1n) is 6.66. The minimum atomic E-state index is -0.327. The van der Waals surface area contributed by atoms with Crippen molar-refractivity contribution < 1.29 is 4.92 Å². The number of nitro groups is 1. The van der Waals surface area contributed by atoms with Crippen LogP contribution in [0.2, 0.25) is 0 Å². The van der Waals surface area contributed by atoms with Crippen LogP contribution in [-0.4, -0.2) is 4.92 Å². The molecule has 4 nitrogen and oxygen atoms in total. The Morgan fingerprint density at radius 2 is 2.20 bits per heavy atom. The summed E-state index contributed by atoms with van der Waals surface area (Å²) >= 11 is 1.68. The second-order valence-electron chi connectivity index (χ2n) is 4.78. The maximum absolute atomic E-state index is 11.2. The summed E-state index contributed by atoms with van der Waals surface area (Å²) in [6.07, 6.45) is 1.97. The molecule has 2 aromatic rings. The lowest BCUT2D eigenvalue weighted by Crippen LogP contribution is -2.10. The maximum Gasteiger partial charge on any atom is 0.292 e. The van der Waals surface area contributed by atoms with Gasteiger partial charge < -0.3 is 5.32 Å². The number of hydrogen-bond donors (Lipinski definition) is 1. The predicted octanol–water partition coefficient (Wildman–Crippen LogP) is 4.92. The Labute approximate surface area is 122 Å². The van der Waals surface area contributed by atoms with E-state index in [1.54, 1.807) is 23.5 Å². The normalized spacial score (nSPS) is 12.1. The molecule has 0 amide bonds. The highest BCUT2D eigenvalue weighted by molar-refractivity contribution is 7.10. The van der Waals surface area contributed by atoms with Gasteiger partial charge in [-0.05, 0) is 36.4 Å². The third kappa shape index (κ3) is 3.36. The van der Waals surface area contributed by atoms with E-state index < -0.39 is 0 Å². The molecule has 1 aromatic heterocycles. The molecule has 0 aliphatic carbocycles. The molecule has 0 aliphatic heterocycles. The minimum absolute atomic E-state index is 0.126. The Kier molecular flexibility index (Phi) is 4.74. The summed E-state index contributed by atoms with van der Waals surface area (Å²) in [6, 6.07) is 9.50. The van der Waals surface area contributed by atoms with E-state index in [-0.39, 0.29) is 16.7 Å². The van der Waals surface area contributed by atoms with Crippen LogP contribution in [0.15, 0.2) is 35.7 Å². The number of nitro benzene ring substituents is 1. The molecule has 20 heavy (non-hydrogen) atoms. The van der Waals surface area contributed by atoms with Crippen LogP contribution in [0, 0.1) is 17.0 Å². The lowest BCUT2D eigenvalue weighted by molar-refractivity contribution is -0.384. The van der Waals surface area contributed by atoms with Gasteiger partial charge in [-0.1, -0.05) is 25.5 Å². The molecule has 0 aliphatic rings. The van der Waals surface area contributed by atoms with Crippen molar-refractivity contribution >= 4 is 22.7 Å². The van der Waals surface area contributed by atoms with Gasteiger partial charge in [-0.25, -0.2) is 0 Å². The van der Waals surface area contributed by atoms with E-state index in [0.717, 1.165) is 18.4 Å². The number of nitrogens with one attached hydrogen (secondary N) is 1. The summed E-state index contributed by atoms with van der Waals surface area (Å²) in [6.45, 7) is 3.98. The number of benzene rings is 1. The Hall–Kier alpha value is -1.88. The van der Waals surface area contributed by atoms with Gasteiger partial charge in [0.2, 0.25) is 0 Å². The zero-order valence-corrected chi connectivity index (χ0v) is 12.4. The average molecular weight is 290 g/mol. The van der Waals surface area contributed by atoms with Crippen LogP contribution in [0.4, 0.5) is 11.4 Å². The molecule has 1 aromatic carbocycles. The molecule has 1 heterocycles. The van der Waals surface area contributed by atoms with E-state index in [2.05, 4.69) is 18.3 Å². The smallest absolute Gasteiger partial charge is 0.292 e. The van der Waals surface area contributed by atoms with Gasteiger partial charge in [-0.15, -0.1) is 11.3 Å². The zero-order chi connectivity index (χ0) is 14.5. The second-order valence-corrected chi connectivity index (χ2v) is 5.76. The van der Waals surface area contributed by atoms with Crippen molar-refractivity contribution in [2.24, 2.45) is 0 Å². The molecule has 0 spiro atoms. The SMILES string of the molecule is CCCC(Nc1ccc(C)cc1[N+](=O)[O-])c1cccs1. The van der Waals surface area contributed by atoms with Gasteiger partial charge in [-0.2, -0.15) is 0 Å². The average Bonchev–Trinajstić information content (AvgIpc) is 2.93. The standard InChI is InChI=1S/C15H18N2O2S/c1-3-5-13(15-6-4-9-20-15)16-12-8-7-11(2)10-14(12)17(18)19/h4,6-10,13,16H,3,5H2,1-2H3. The Morgan fingerprint density at radius 3 is 2.80 bits per heavy atom. The Bertz CT molecular complexity index is 582. The Balaban J connectivity index is 2.29. The number of anilines is 1. The molecule has 0 fully saturated rings. The summed E-state index contributed by atoms with van der Waals surface area (Å²) < 4.78 is 0. The molecule has 0 saturated heterocycles. The van der Waals surface area contributed by atoms with Gasteiger partial charge >= 0.3 is 0 Å². The van der Waals surface area contributed by atoms with Crippen molar-refractivity contribution in [2.75, 3.05) is 5.32 Å². The van der Waals surface area contributed by atoms with Gasteiger partial charge in [-0.3, -0.25) is 10.1 Å². The summed E-state index contributed by atoms with van der Waals surface area (Å²) in [5.41, 5.74) is 1.63. The zero-order valence-electron chi connectivity index (χ0n) is 11.6. The van der Waals surface area contributed by atoms with Crippen molar-refractivity contribution in [3.8, 4) is 0 Å². The Morgan fingerprint density at radius 1 is 1.40 bits per heavy atom. The van der Waals surface area contributed by atoms with E-state index in [4.69, 9.17) is 0 Å². The van der Waals surface area contributed by atoms with E-state index in [1.165, 1.54) is 4.88 Å². The molecule has 0 bridgehead atoms. The largest absolute Gasteiger partial charge is 0.372 e. The highest BCUT2D eigenvalue weighted by Crippen LogP contribution is 2.32. The van der Waals surface area contributed by atoms with Gasteiger partial charge in [0, 0.05) is 10.9 Å². The molecule has 0 saturated carbocycles. The molecular weight excluding hydrogens is 272 g/mol. The topological polar surface area (TPSA) is 55.2 Å². The summed E-state index contributed by atoms with van der Waals surface area (Å²) in [4.78, 5) is 12.1. The molecular formula is C15H18N2O2S. The fraction of sp³-hybridized carbons (Fsp3) is 0.333. The maximum atomic E-state index is 11.2.